The predicted octanol–water partition coefficient (Wildman–Crippen LogP) is 3.24. The maximum absolute atomic E-state index is 12.1. The van der Waals surface area contributed by atoms with Gasteiger partial charge >= 0.3 is 0 Å². The zero-order chi connectivity index (χ0) is 18.2. The molecule has 1 amide bonds. The molecule has 0 spiro atoms. The van der Waals surface area contributed by atoms with Gasteiger partial charge in [0.2, 0.25) is 6.79 Å². The van der Waals surface area contributed by atoms with Gasteiger partial charge in [0.15, 0.2) is 11.5 Å². The van der Waals surface area contributed by atoms with Crippen LogP contribution in [0.3, 0.4) is 0 Å². The van der Waals surface area contributed by atoms with Crippen LogP contribution >= 0.6 is 0 Å². The Kier molecular flexibility index (Phi) is 5.69. The van der Waals surface area contributed by atoms with Crippen LogP contribution in [0.2, 0.25) is 0 Å². The van der Waals surface area contributed by atoms with Gasteiger partial charge < -0.3 is 14.8 Å². The zero-order valence-corrected chi connectivity index (χ0v) is 14.1. The van der Waals surface area contributed by atoms with E-state index in [1.54, 1.807) is 12.2 Å². The Labute approximate surface area is 152 Å². The van der Waals surface area contributed by atoms with Gasteiger partial charge in [-0.25, -0.2) is 0 Å². The minimum atomic E-state index is -0.376. The van der Waals surface area contributed by atoms with Gasteiger partial charge in [0, 0.05) is 6.54 Å². The van der Waals surface area contributed by atoms with Crippen LogP contribution in [0.4, 0.5) is 0 Å². The number of ether oxygens (including phenoxy) is 2. The molecule has 0 saturated heterocycles. The highest BCUT2D eigenvalue weighted by molar-refractivity contribution is 5.97. The molecule has 1 N–H and O–H groups in total. The van der Waals surface area contributed by atoms with Crippen LogP contribution in [0.5, 0.6) is 11.5 Å². The van der Waals surface area contributed by atoms with Crippen LogP contribution in [0.25, 0.3) is 6.08 Å². The van der Waals surface area contributed by atoms with E-state index in [2.05, 4.69) is 5.32 Å². The highest BCUT2D eigenvalue weighted by Gasteiger charge is 2.12. The average molecular weight is 346 g/mol. The molecule has 2 aromatic rings. The van der Waals surface area contributed by atoms with E-state index in [-0.39, 0.29) is 18.3 Å². The largest absolute Gasteiger partial charge is 0.454 e. The lowest BCUT2D eigenvalue weighted by Crippen LogP contribution is -2.26. The van der Waals surface area contributed by atoms with Crippen molar-refractivity contribution >= 4 is 12.0 Å². The molecule has 130 valence electrons. The van der Waals surface area contributed by atoms with Gasteiger partial charge in [0.25, 0.3) is 5.91 Å². The summed E-state index contributed by atoms with van der Waals surface area (Å²) in [4.78, 5) is 12.1. The lowest BCUT2D eigenvalue weighted by Gasteiger charge is -2.04. The van der Waals surface area contributed by atoms with Gasteiger partial charge in [-0.1, -0.05) is 48.6 Å². The third-order valence-corrected chi connectivity index (χ3v) is 3.86. The molecule has 0 bridgehead atoms. The summed E-state index contributed by atoms with van der Waals surface area (Å²) in [6.45, 7) is 0.706. The van der Waals surface area contributed by atoms with Crippen molar-refractivity contribution in [2.24, 2.45) is 0 Å². The maximum Gasteiger partial charge on any atom is 0.261 e. The summed E-state index contributed by atoms with van der Waals surface area (Å²) in [7, 11) is 0. The van der Waals surface area contributed by atoms with Gasteiger partial charge in [-0.3, -0.25) is 4.79 Å². The summed E-state index contributed by atoms with van der Waals surface area (Å²) in [5, 5.41) is 12.0. The topological polar surface area (TPSA) is 71.3 Å². The first kappa shape index (κ1) is 17.3. The Morgan fingerprint density at radius 1 is 1.15 bits per heavy atom. The number of carbonyl (C=O) groups is 1. The molecule has 0 radical (unpaired) electrons. The summed E-state index contributed by atoms with van der Waals surface area (Å²) < 4.78 is 10.6. The molecule has 1 heterocycles. The normalized spacial score (nSPS) is 12.8. The molecule has 0 unspecified atom stereocenters. The van der Waals surface area contributed by atoms with E-state index in [1.807, 2.05) is 54.6 Å². The number of nitriles is 1. The van der Waals surface area contributed by atoms with Crippen LogP contribution < -0.4 is 14.8 Å². The van der Waals surface area contributed by atoms with E-state index in [0.717, 1.165) is 17.5 Å². The zero-order valence-electron chi connectivity index (χ0n) is 14.1. The number of nitrogens with zero attached hydrogens (tertiary/aromatic N) is 1. The van der Waals surface area contributed by atoms with Crippen molar-refractivity contribution in [1.29, 1.82) is 5.26 Å². The Bertz CT molecular complexity index is 880. The summed E-state index contributed by atoms with van der Waals surface area (Å²) in [6, 6.07) is 17.3. The van der Waals surface area contributed by atoms with Crippen molar-refractivity contribution in [3.8, 4) is 17.6 Å². The Hall–Kier alpha value is -3.52. The first-order chi connectivity index (χ1) is 12.8. The molecule has 1 aliphatic rings. The number of nitrogens with one attached hydrogen (secondary N) is 1. The van der Waals surface area contributed by atoms with Gasteiger partial charge in [-0.05, 0) is 35.8 Å². The second kappa shape index (κ2) is 8.54. The second-order valence-electron chi connectivity index (χ2n) is 5.66. The standard InChI is InChI=1S/C21H18N2O3/c22-14-18(21(24)23-12-11-16-5-2-1-3-6-16)8-4-7-17-9-10-19-20(13-17)26-15-25-19/h1-10,13H,11-12,15H2,(H,23,24)/b7-4+,18-8+. The number of benzene rings is 2. The van der Waals surface area contributed by atoms with E-state index < -0.39 is 0 Å². The average Bonchev–Trinajstić information content (AvgIpc) is 3.14. The first-order valence-corrected chi connectivity index (χ1v) is 8.26. The molecule has 26 heavy (non-hydrogen) atoms. The fraction of sp³-hybridized carbons (Fsp3) is 0.143. The number of hydrogen-bond donors (Lipinski definition) is 1. The molecular weight excluding hydrogens is 328 g/mol. The second-order valence-corrected chi connectivity index (χ2v) is 5.66. The van der Waals surface area contributed by atoms with Gasteiger partial charge in [0.1, 0.15) is 11.6 Å². The lowest BCUT2D eigenvalue weighted by atomic mass is 10.1. The highest BCUT2D eigenvalue weighted by Crippen LogP contribution is 2.32. The van der Waals surface area contributed by atoms with Crippen molar-refractivity contribution in [3.05, 3.63) is 77.4 Å². The molecule has 0 aromatic heterocycles. The molecule has 5 nitrogen and oxygen atoms in total. The third-order valence-electron chi connectivity index (χ3n) is 3.86. The number of allylic oxidation sites excluding steroid dienone is 2. The Morgan fingerprint density at radius 3 is 2.77 bits per heavy atom. The molecule has 0 fully saturated rings. The van der Waals surface area contributed by atoms with Crippen LogP contribution in [0.1, 0.15) is 11.1 Å². The number of hydrogen-bond acceptors (Lipinski definition) is 4. The summed E-state index contributed by atoms with van der Waals surface area (Å²) in [5.74, 6) is 1.03. The molecule has 0 atom stereocenters. The number of fused-ring (bicyclic) bond motifs is 1. The fourth-order valence-corrected chi connectivity index (χ4v) is 2.50. The van der Waals surface area contributed by atoms with Crippen LogP contribution in [-0.2, 0) is 11.2 Å². The quantitative estimate of drug-likeness (QED) is 0.495. The maximum atomic E-state index is 12.1. The van der Waals surface area contributed by atoms with E-state index >= 15 is 0 Å². The van der Waals surface area contributed by atoms with E-state index in [4.69, 9.17) is 9.47 Å². The van der Waals surface area contributed by atoms with Crippen LogP contribution in [-0.4, -0.2) is 19.2 Å². The molecule has 0 saturated carbocycles. The van der Waals surface area contributed by atoms with Crippen molar-refractivity contribution in [3.63, 3.8) is 0 Å². The third kappa shape index (κ3) is 4.52. The van der Waals surface area contributed by atoms with Gasteiger partial charge in [-0.15, -0.1) is 0 Å². The van der Waals surface area contributed by atoms with Crippen molar-refractivity contribution < 1.29 is 14.3 Å². The molecule has 1 aliphatic heterocycles. The van der Waals surface area contributed by atoms with E-state index in [9.17, 15) is 10.1 Å². The number of carbonyl (C=O) groups excluding carboxylic acids is 1. The van der Waals surface area contributed by atoms with Crippen LogP contribution in [0, 0.1) is 11.3 Å². The predicted molar refractivity (Wildman–Crippen MR) is 98.5 cm³/mol. The van der Waals surface area contributed by atoms with Crippen molar-refractivity contribution in [1.82, 2.24) is 5.32 Å². The summed E-state index contributed by atoms with van der Waals surface area (Å²) >= 11 is 0. The van der Waals surface area contributed by atoms with Gasteiger partial charge in [-0.2, -0.15) is 5.26 Å². The minimum absolute atomic E-state index is 0.0649. The monoisotopic (exact) mass is 346 g/mol. The minimum Gasteiger partial charge on any atom is -0.454 e. The summed E-state index contributed by atoms with van der Waals surface area (Å²) in [6.07, 6.45) is 5.70. The fourth-order valence-electron chi connectivity index (χ4n) is 2.50. The van der Waals surface area contributed by atoms with Crippen molar-refractivity contribution in [2.75, 3.05) is 13.3 Å². The lowest BCUT2D eigenvalue weighted by molar-refractivity contribution is -0.117. The van der Waals surface area contributed by atoms with E-state index in [1.165, 1.54) is 6.08 Å². The number of amides is 1. The van der Waals surface area contributed by atoms with Crippen molar-refractivity contribution in [2.45, 2.75) is 6.42 Å². The molecular formula is C21H18N2O3. The smallest absolute Gasteiger partial charge is 0.261 e. The molecule has 3 rings (SSSR count). The Balaban J connectivity index is 1.55. The highest BCUT2D eigenvalue weighted by atomic mass is 16.7. The SMILES string of the molecule is N#C/C(=C\C=C\c1ccc2c(c1)OCO2)C(=O)NCCc1ccccc1. The Morgan fingerprint density at radius 2 is 1.96 bits per heavy atom. The first-order valence-electron chi connectivity index (χ1n) is 8.26. The number of rotatable bonds is 6. The molecule has 5 heteroatoms. The van der Waals surface area contributed by atoms with E-state index in [0.29, 0.717) is 18.0 Å². The molecule has 0 aliphatic carbocycles. The molecule has 2 aromatic carbocycles. The van der Waals surface area contributed by atoms with Gasteiger partial charge in [0.05, 0.1) is 0 Å². The summed E-state index contributed by atoms with van der Waals surface area (Å²) in [5.41, 5.74) is 2.10. The van der Waals surface area contributed by atoms with Crippen LogP contribution in [0.15, 0.2) is 66.3 Å².